The van der Waals surface area contributed by atoms with E-state index in [0.717, 1.165) is 29.4 Å². The summed E-state index contributed by atoms with van der Waals surface area (Å²) in [6.45, 7) is 1.03. The number of rotatable bonds is 23. The van der Waals surface area contributed by atoms with Crippen LogP contribution in [0.25, 0.3) is 0 Å². The van der Waals surface area contributed by atoms with Crippen LogP contribution >= 0.6 is 34.5 Å². The van der Waals surface area contributed by atoms with E-state index < -0.39 is 146 Å². The van der Waals surface area contributed by atoms with Crippen LogP contribution in [0.2, 0.25) is 0 Å². The molecule has 25 nitrogen and oxygen atoms in total. The summed E-state index contributed by atoms with van der Waals surface area (Å²) in [6, 6.07) is 11.8. The number of alkyl halides is 1. The van der Waals surface area contributed by atoms with Crippen LogP contribution in [0.1, 0.15) is 75.3 Å². The Kier molecular flexibility index (Phi) is 15.2. The number of halogens is 1. The van der Waals surface area contributed by atoms with Gasteiger partial charge in [0, 0.05) is 48.8 Å². The summed E-state index contributed by atoms with van der Waals surface area (Å²) in [6.07, 6.45) is -1.63. The fourth-order valence-corrected chi connectivity index (χ4v) is 11.5. The maximum absolute atomic E-state index is 14.5. The van der Waals surface area contributed by atoms with E-state index in [1.54, 1.807) is 83.3 Å². The van der Waals surface area contributed by atoms with Crippen molar-refractivity contribution < 1.29 is 77.4 Å². The second kappa shape index (κ2) is 20.6. The van der Waals surface area contributed by atoms with E-state index in [1.165, 1.54) is 5.01 Å². The molecule has 7 rings (SSSR count). The minimum absolute atomic E-state index is 0.0133. The Bertz CT molecular complexity index is 2530. The number of urea groups is 1. The van der Waals surface area contributed by atoms with Gasteiger partial charge in [0.15, 0.2) is 23.5 Å². The number of hydrogen-bond donors (Lipinski definition) is 11. The molecule has 0 bridgehead atoms. The Morgan fingerprint density at radius 1 is 0.873 bits per heavy atom. The quantitative estimate of drug-likeness (QED) is 0.0163. The first-order valence-electron chi connectivity index (χ1n) is 22.5. The van der Waals surface area contributed by atoms with Gasteiger partial charge in [-0.1, -0.05) is 66.1 Å². The maximum atomic E-state index is 14.5. The van der Waals surface area contributed by atoms with Crippen molar-refractivity contribution >= 4 is 99.9 Å². The third-order valence-corrected chi connectivity index (χ3v) is 15.5. The van der Waals surface area contributed by atoms with Crippen LogP contribution in [0, 0.1) is 0 Å². The van der Waals surface area contributed by atoms with E-state index >= 15 is 0 Å². The highest BCUT2D eigenvalue weighted by atomic mass is 127. The van der Waals surface area contributed by atoms with Gasteiger partial charge in [-0.25, -0.2) is 19.2 Å². The van der Waals surface area contributed by atoms with E-state index in [9.17, 15) is 68.1 Å². The van der Waals surface area contributed by atoms with Crippen LogP contribution in [0.15, 0.2) is 60.7 Å². The molecule has 380 valence electrons. The Morgan fingerprint density at radius 2 is 1.55 bits per heavy atom. The van der Waals surface area contributed by atoms with Gasteiger partial charge < -0.3 is 52.3 Å². The number of amides is 8. The molecule has 5 fully saturated rings. The number of carbonyl (C=O) groups excluding carboxylic acids is 7. The van der Waals surface area contributed by atoms with Crippen LogP contribution in [0.4, 0.5) is 4.79 Å². The lowest BCUT2D eigenvalue weighted by atomic mass is 9.96. The van der Waals surface area contributed by atoms with Crippen molar-refractivity contribution in [2.45, 2.75) is 115 Å². The summed E-state index contributed by atoms with van der Waals surface area (Å²) < 4.78 is -1.58. The van der Waals surface area contributed by atoms with Gasteiger partial charge in [-0.05, 0) is 66.3 Å². The van der Waals surface area contributed by atoms with E-state index in [4.69, 9.17) is 5.11 Å². The second-order valence-electron chi connectivity index (χ2n) is 18.1. The fourth-order valence-electron chi connectivity index (χ4n) is 9.00. The first-order valence-corrected chi connectivity index (χ1v) is 24.7. The minimum Gasteiger partial charge on any atom is -0.481 e. The van der Waals surface area contributed by atoms with Crippen LogP contribution in [0.3, 0.4) is 0 Å². The van der Waals surface area contributed by atoms with Crippen LogP contribution < -0.4 is 37.3 Å². The molecule has 2 aromatic rings. The molecule has 4 unspecified atom stereocenters. The van der Waals surface area contributed by atoms with Crippen molar-refractivity contribution in [2.75, 3.05) is 12.3 Å². The van der Waals surface area contributed by atoms with Gasteiger partial charge in [0.1, 0.15) is 23.2 Å². The highest BCUT2D eigenvalue weighted by Crippen LogP contribution is 2.56. The molecule has 0 aromatic heterocycles. The molecule has 2 aromatic carbocycles. The van der Waals surface area contributed by atoms with Crippen molar-refractivity contribution in [1.29, 1.82) is 0 Å². The topological polar surface area (TPSA) is 359 Å². The first-order chi connectivity index (χ1) is 33.6. The summed E-state index contributed by atoms with van der Waals surface area (Å²) in [5, 5.41) is 55.7. The van der Waals surface area contributed by atoms with Gasteiger partial charge in [-0.2, -0.15) is 0 Å². The standard InChI is InChI=1S/C44H51IN10O15S/c1-42(40(68)69,17-16-32(58)59)51-41(70)48-26(36(62)63)14-15-30(56)46-18-8-13-31(57)50-43(20-25(43)24-11-6-3-7-12-24)38(66)47-27(19-23-9-4-2-5-10-23)34(60)49-29-21-44(29)39(67)54-33(45)35(61)53-28(37(64)65)22-71-55(53,54)52-44/h2-7,9-12,25-29,33,52H,8,13-22H2,1H3,(H9-,46,47,48,49,50,51,56,57,58,59,60,62,63,64,65,66,68,69,70)/p+1/t25?,26-,27-,28-,29+,33?,42-,43+,44?,55?/m0/s1. The van der Waals surface area contributed by atoms with Crippen molar-refractivity contribution in [3.8, 4) is 0 Å². The van der Waals surface area contributed by atoms with Crippen molar-refractivity contribution in [3.63, 3.8) is 0 Å². The predicted octanol–water partition coefficient (Wildman–Crippen LogP) is -0.767. The predicted molar refractivity (Wildman–Crippen MR) is 252 cm³/mol. The van der Waals surface area contributed by atoms with Crippen LogP contribution in [-0.2, 0) is 54.4 Å². The van der Waals surface area contributed by atoms with Gasteiger partial charge >= 0.3 is 41.7 Å². The van der Waals surface area contributed by atoms with Crippen LogP contribution in [0.5, 0.6) is 0 Å². The van der Waals surface area contributed by atoms with Gasteiger partial charge in [0.2, 0.25) is 27.7 Å². The monoisotopic (exact) mass is 1120 g/mol. The molecule has 3 aliphatic heterocycles. The Morgan fingerprint density at radius 3 is 2.18 bits per heavy atom. The molecule has 2 spiro atoms. The lowest BCUT2D eigenvalue weighted by molar-refractivity contribution is -1.01. The smallest absolute Gasteiger partial charge is 0.333 e. The lowest BCUT2D eigenvalue weighted by Crippen LogP contribution is -2.62. The number of carboxylic acid groups (broad SMARTS) is 4. The lowest BCUT2D eigenvalue weighted by Gasteiger charge is -2.30. The average molecular weight is 1120 g/mol. The number of quaternary nitrogens is 1. The minimum atomic E-state index is -2.03. The number of benzene rings is 2. The van der Waals surface area contributed by atoms with Crippen LogP contribution in [-0.4, -0.2) is 157 Å². The molecule has 5 aliphatic rings. The molecule has 3 heterocycles. The van der Waals surface area contributed by atoms with E-state index in [0.29, 0.717) is 5.56 Å². The Labute approximate surface area is 422 Å². The molecule has 10 atom stereocenters. The highest BCUT2D eigenvalue weighted by molar-refractivity contribution is 14.1. The van der Waals surface area contributed by atoms with E-state index in [-0.39, 0.29) is 44.4 Å². The molecule has 11 N–H and O–H groups in total. The molecule has 3 saturated heterocycles. The Hall–Kier alpha value is -6.59. The Balaban J connectivity index is 0.956. The molecule has 8 amide bonds. The molecule has 27 heteroatoms. The highest BCUT2D eigenvalue weighted by Gasteiger charge is 2.84. The van der Waals surface area contributed by atoms with E-state index in [2.05, 4.69) is 37.3 Å². The number of nitrogens with zero attached hydrogens (tertiary/aromatic N) is 3. The second-order valence-corrected chi connectivity index (χ2v) is 20.4. The van der Waals surface area contributed by atoms with E-state index in [1.807, 2.05) is 0 Å². The summed E-state index contributed by atoms with van der Waals surface area (Å²) in [5.41, 5.74) is -0.261. The molecule has 2 saturated carbocycles. The maximum Gasteiger partial charge on any atom is 0.333 e. The molecule has 0 radical (unpaired) electrons. The zero-order valence-electron chi connectivity index (χ0n) is 37.9. The van der Waals surface area contributed by atoms with Gasteiger partial charge in [-0.3, -0.25) is 33.6 Å². The summed E-state index contributed by atoms with van der Waals surface area (Å²) >= 11 is 2.85. The molecular weight excluding hydrogens is 1070 g/mol. The molecule has 2 aliphatic carbocycles. The first kappa shape index (κ1) is 52.2. The summed E-state index contributed by atoms with van der Waals surface area (Å²) in [7, 11) is 0. The normalized spacial score (nSPS) is 27.2. The van der Waals surface area contributed by atoms with Gasteiger partial charge in [-0.15, -0.1) is 10.0 Å². The largest absolute Gasteiger partial charge is 0.481 e. The number of nitrogens with one attached hydrogen (secondary N) is 7. The van der Waals surface area contributed by atoms with Crippen molar-refractivity contribution in [3.05, 3.63) is 71.8 Å². The summed E-state index contributed by atoms with van der Waals surface area (Å²) in [4.78, 5) is 142. The summed E-state index contributed by atoms with van der Waals surface area (Å²) in [5.74, 6) is -9.56. The zero-order chi connectivity index (χ0) is 51.6. The zero-order valence-corrected chi connectivity index (χ0v) is 40.9. The number of carboxylic acids is 4. The SMILES string of the molecule is C[C@@](CCC(=O)O)(NC(=O)N[C@@H](CCC(=O)NCCCC(=O)N[C@]1(C(=O)N[C@@H](Cc2ccccc2)C(=O)N[C@@H]2CC23N[N+]24SC[C@@H](C(=O)O)N2C(=O)C(I)N4C3=O)CC1c1ccccc1)C(=O)O)C(=O)O. The third-order valence-electron chi connectivity index (χ3n) is 13.1. The third kappa shape index (κ3) is 10.7. The molecule has 71 heavy (non-hydrogen) atoms. The number of hydrogen-bond acceptors (Lipinski definition) is 13. The number of aliphatic carboxylic acids is 4. The number of carbonyl (C=O) groups is 11. The van der Waals surface area contributed by atoms with Crippen molar-refractivity contribution in [2.24, 2.45) is 0 Å². The van der Waals surface area contributed by atoms with Gasteiger partial charge in [0.25, 0.3) is 0 Å². The van der Waals surface area contributed by atoms with Crippen molar-refractivity contribution in [1.82, 2.24) is 47.3 Å². The molecular formula is C44H52IN10O15S+. The average Bonchev–Trinajstić information content (AvgIpc) is 4.13. The van der Waals surface area contributed by atoms with Gasteiger partial charge in [0.05, 0.1) is 11.8 Å². The fraction of sp³-hybridized carbons (Fsp3) is 0.477.